The molecule has 6 heteroatoms. The highest BCUT2D eigenvalue weighted by Crippen LogP contribution is 2.20. The molecule has 0 saturated carbocycles. The van der Waals surface area contributed by atoms with Crippen LogP contribution in [0, 0.1) is 5.41 Å². The first-order chi connectivity index (χ1) is 8.94. The van der Waals surface area contributed by atoms with Crippen molar-refractivity contribution < 1.29 is 0 Å². The standard InChI is InChI=1S/C13H22ClN5/c1-13(2,3)6-7-15-11-16-10(14)17-12(18-11)19-8-4-5-9-19/h4-9H2,1-3H3,(H,15,16,17,18). The highest BCUT2D eigenvalue weighted by molar-refractivity contribution is 6.28. The molecular weight excluding hydrogens is 262 g/mol. The summed E-state index contributed by atoms with van der Waals surface area (Å²) in [5.74, 6) is 1.27. The summed E-state index contributed by atoms with van der Waals surface area (Å²) in [6, 6.07) is 0. The summed E-state index contributed by atoms with van der Waals surface area (Å²) < 4.78 is 0. The third-order valence-electron chi connectivity index (χ3n) is 3.14. The van der Waals surface area contributed by atoms with E-state index in [1.54, 1.807) is 0 Å². The minimum atomic E-state index is 0.259. The smallest absolute Gasteiger partial charge is 0.231 e. The number of hydrogen-bond donors (Lipinski definition) is 1. The van der Waals surface area contributed by atoms with Crippen LogP contribution in [-0.2, 0) is 0 Å². The number of hydrogen-bond acceptors (Lipinski definition) is 5. The van der Waals surface area contributed by atoms with Gasteiger partial charge in [-0.2, -0.15) is 15.0 Å². The van der Waals surface area contributed by atoms with Crippen molar-refractivity contribution in [2.24, 2.45) is 5.41 Å². The van der Waals surface area contributed by atoms with Gasteiger partial charge in [-0.15, -0.1) is 0 Å². The molecule has 1 aromatic rings. The van der Waals surface area contributed by atoms with Gasteiger partial charge in [-0.1, -0.05) is 20.8 Å². The van der Waals surface area contributed by atoms with Gasteiger partial charge in [0, 0.05) is 19.6 Å². The summed E-state index contributed by atoms with van der Waals surface area (Å²) in [5, 5.41) is 3.49. The molecule has 1 aliphatic heterocycles. The molecule has 106 valence electrons. The topological polar surface area (TPSA) is 53.9 Å². The summed E-state index contributed by atoms with van der Waals surface area (Å²) in [4.78, 5) is 14.9. The van der Waals surface area contributed by atoms with Crippen molar-refractivity contribution in [1.29, 1.82) is 0 Å². The Hall–Kier alpha value is -1.10. The number of nitrogens with one attached hydrogen (secondary N) is 1. The molecule has 0 aromatic carbocycles. The van der Waals surface area contributed by atoms with E-state index < -0.39 is 0 Å². The zero-order valence-electron chi connectivity index (χ0n) is 11.9. The Morgan fingerprint density at radius 1 is 1.16 bits per heavy atom. The van der Waals surface area contributed by atoms with E-state index in [4.69, 9.17) is 11.6 Å². The van der Waals surface area contributed by atoms with Crippen LogP contribution in [0.15, 0.2) is 0 Å². The van der Waals surface area contributed by atoms with Gasteiger partial charge in [-0.05, 0) is 36.3 Å². The van der Waals surface area contributed by atoms with Crippen LogP contribution in [0.1, 0.15) is 40.0 Å². The molecule has 0 unspecified atom stereocenters. The molecule has 2 rings (SSSR count). The summed E-state index contributed by atoms with van der Waals surface area (Å²) in [6.45, 7) is 9.48. The second-order valence-corrected chi connectivity index (χ2v) is 6.50. The zero-order valence-corrected chi connectivity index (χ0v) is 12.7. The van der Waals surface area contributed by atoms with Gasteiger partial charge in [0.25, 0.3) is 0 Å². The first-order valence-corrected chi connectivity index (χ1v) is 7.22. The highest BCUT2D eigenvalue weighted by Gasteiger charge is 2.17. The van der Waals surface area contributed by atoms with Crippen molar-refractivity contribution >= 4 is 23.5 Å². The van der Waals surface area contributed by atoms with E-state index in [2.05, 4.69) is 45.9 Å². The maximum atomic E-state index is 5.97. The molecule has 1 fully saturated rings. The van der Waals surface area contributed by atoms with E-state index in [-0.39, 0.29) is 5.28 Å². The third kappa shape index (κ3) is 4.49. The summed E-state index contributed by atoms with van der Waals surface area (Å²) in [7, 11) is 0. The van der Waals surface area contributed by atoms with Gasteiger partial charge in [0.1, 0.15) is 0 Å². The Labute approximate surface area is 119 Å². The average molecular weight is 284 g/mol. The fraction of sp³-hybridized carbons (Fsp3) is 0.769. The van der Waals surface area contributed by atoms with Crippen molar-refractivity contribution in [3.8, 4) is 0 Å². The highest BCUT2D eigenvalue weighted by atomic mass is 35.5. The predicted molar refractivity (Wildman–Crippen MR) is 78.8 cm³/mol. The molecule has 1 aliphatic rings. The van der Waals surface area contributed by atoms with E-state index in [1.807, 2.05) is 0 Å². The average Bonchev–Trinajstić information content (AvgIpc) is 2.79. The maximum absolute atomic E-state index is 5.97. The van der Waals surface area contributed by atoms with Crippen molar-refractivity contribution in [3.05, 3.63) is 5.28 Å². The van der Waals surface area contributed by atoms with Gasteiger partial charge < -0.3 is 10.2 Å². The second-order valence-electron chi connectivity index (χ2n) is 6.16. The Bertz CT molecular complexity index is 424. The molecule has 2 heterocycles. The van der Waals surface area contributed by atoms with Crippen LogP contribution in [-0.4, -0.2) is 34.6 Å². The normalized spacial score (nSPS) is 15.9. The molecule has 0 radical (unpaired) electrons. The Morgan fingerprint density at radius 3 is 2.47 bits per heavy atom. The number of aromatic nitrogens is 3. The van der Waals surface area contributed by atoms with E-state index in [0.717, 1.165) is 26.1 Å². The quantitative estimate of drug-likeness (QED) is 0.921. The van der Waals surface area contributed by atoms with Gasteiger partial charge in [0.2, 0.25) is 17.2 Å². The van der Waals surface area contributed by atoms with Gasteiger partial charge in [-0.25, -0.2) is 0 Å². The van der Waals surface area contributed by atoms with Crippen LogP contribution in [0.25, 0.3) is 0 Å². The van der Waals surface area contributed by atoms with E-state index in [9.17, 15) is 0 Å². The Morgan fingerprint density at radius 2 is 1.84 bits per heavy atom. The lowest BCUT2D eigenvalue weighted by Gasteiger charge is -2.19. The van der Waals surface area contributed by atoms with Crippen LogP contribution >= 0.6 is 11.6 Å². The Balaban J connectivity index is 2.00. The summed E-state index contributed by atoms with van der Waals surface area (Å²) in [5.41, 5.74) is 0.293. The fourth-order valence-electron chi connectivity index (χ4n) is 2.03. The fourth-order valence-corrected chi connectivity index (χ4v) is 2.18. The summed E-state index contributed by atoms with van der Waals surface area (Å²) >= 11 is 5.97. The first kappa shape index (κ1) is 14.3. The number of rotatable bonds is 4. The van der Waals surface area contributed by atoms with Crippen LogP contribution < -0.4 is 10.2 Å². The second kappa shape index (κ2) is 5.90. The minimum Gasteiger partial charge on any atom is -0.354 e. The van der Waals surface area contributed by atoms with E-state index in [1.165, 1.54) is 12.8 Å². The summed E-state index contributed by atoms with van der Waals surface area (Å²) in [6.07, 6.45) is 3.43. The van der Waals surface area contributed by atoms with Gasteiger partial charge in [0.05, 0.1) is 0 Å². The molecule has 0 spiro atoms. The van der Waals surface area contributed by atoms with Crippen molar-refractivity contribution in [3.63, 3.8) is 0 Å². The first-order valence-electron chi connectivity index (χ1n) is 6.84. The van der Waals surface area contributed by atoms with Crippen molar-refractivity contribution in [1.82, 2.24) is 15.0 Å². The lowest BCUT2D eigenvalue weighted by Crippen LogP contribution is -2.22. The number of nitrogens with zero attached hydrogens (tertiary/aromatic N) is 4. The number of anilines is 2. The molecule has 1 N–H and O–H groups in total. The van der Waals surface area contributed by atoms with Crippen LogP contribution in [0.5, 0.6) is 0 Å². The number of halogens is 1. The third-order valence-corrected chi connectivity index (χ3v) is 3.31. The van der Waals surface area contributed by atoms with Crippen LogP contribution in [0.2, 0.25) is 5.28 Å². The largest absolute Gasteiger partial charge is 0.354 e. The van der Waals surface area contributed by atoms with Gasteiger partial charge in [0.15, 0.2) is 0 Å². The molecule has 19 heavy (non-hydrogen) atoms. The lowest BCUT2D eigenvalue weighted by molar-refractivity contribution is 0.389. The van der Waals surface area contributed by atoms with Gasteiger partial charge in [-0.3, -0.25) is 0 Å². The van der Waals surface area contributed by atoms with Crippen LogP contribution in [0.3, 0.4) is 0 Å². The predicted octanol–water partition coefficient (Wildman–Crippen LogP) is 2.97. The van der Waals surface area contributed by atoms with Gasteiger partial charge >= 0.3 is 0 Å². The van der Waals surface area contributed by atoms with Crippen molar-refractivity contribution in [2.75, 3.05) is 29.9 Å². The molecule has 0 amide bonds. The minimum absolute atomic E-state index is 0.259. The lowest BCUT2D eigenvalue weighted by atomic mass is 9.92. The zero-order chi connectivity index (χ0) is 13.9. The molecule has 5 nitrogen and oxygen atoms in total. The molecule has 0 atom stereocenters. The van der Waals surface area contributed by atoms with E-state index >= 15 is 0 Å². The molecule has 1 saturated heterocycles. The monoisotopic (exact) mass is 283 g/mol. The van der Waals surface area contributed by atoms with Crippen LogP contribution in [0.4, 0.5) is 11.9 Å². The molecule has 1 aromatic heterocycles. The van der Waals surface area contributed by atoms with Crippen molar-refractivity contribution in [2.45, 2.75) is 40.0 Å². The SMILES string of the molecule is CC(C)(C)CCNc1nc(Cl)nc(N2CCCC2)n1. The molecule has 0 bridgehead atoms. The molecular formula is C13H22ClN5. The maximum Gasteiger partial charge on any atom is 0.231 e. The van der Waals surface area contributed by atoms with E-state index in [0.29, 0.717) is 17.3 Å². The Kier molecular flexibility index (Phi) is 4.45. The molecule has 0 aliphatic carbocycles.